The Bertz CT molecular complexity index is 1020. The molecule has 0 saturated heterocycles. The fraction of sp³-hybridized carbons (Fsp3) is 0.417. The van der Waals surface area contributed by atoms with Gasteiger partial charge in [0.2, 0.25) is 0 Å². The highest BCUT2D eigenvalue weighted by Gasteiger charge is 2.34. The zero-order valence-electron chi connectivity index (χ0n) is 18.1. The Morgan fingerprint density at radius 2 is 2.03 bits per heavy atom. The maximum atomic E-state index is 11.0. The van der Waals surface area contributed by atoms with E-state index in [1.165, 1.54) is 12.5 Å². The average Bonchev–Trinajstić information content (AvgIpc) is 3.60. The number of halogens is 1. The van der Waals surface area contributed by atoms with Crippen molar-refractivity contribution in [3.05, 3.63) is 52.0 Å². The number of carbonyl (C=O) groups excluding carboxylic acids is 1. The molecule has 1 aliphatic heterocycles. The molecule has 4 rings (SSSR count). The number of hydrogen-bond donors (Lipinski definition) is 1. The van der Waals surface area contributed by atoms with Crippen molar-refractivity contribution in [1.82, 2.24) is 0 Å². The first kappa shape index (κ1) is 22.8. The summed E-state index contributed by atoms with van der Waals surface area (Å²) in [5.74, 6) is 1.62. The van der Waals surface area contributed by atoms with Gasteiger partial charge in [-0.2, -0.15) is 0 Å². The molecule has 2 aromatic rings. The van der Waals surface area contributed by atoms with E-state index in [2.05, 4.69) is 11.4 Å². The van der Waals surface area contributed by atoms with Crippen molar-refractivity contribution in [2.75, 3.05) is 32.2 Å². The van der Waals surface area contributed by atoms with Gasteiger partial charge in [-0.05, 0) is 36.5 Å². The highest BCUT2D eigenvalue weighted by molar-refractivity contribution is 7.80. The monoisotopic (exact) mass is 475 g/mol. The average molecular weight is 476 g/mol. The van der Waals surface area contributed by atoms with Gasteiger partial charge in [-0.25, -0.2) is 0 Å². The lowest BCUT2D eigenvalue weighted by Gasteiger charge is -2.23. The van der Waals surface area contributed by atoms with Crippen molar-refractivity contribution in [3.8, 4) is 11.5 Å². The fourth-order valence-corrected chi connectivity index (χ4v) is 4.36. The first-order valence-electron chi connectivity index (χ1n) is 10.7. The number of thiocarbonyl (C=S) groups is 1. The van der Waals surface area contributed by atoms with E-state index >= 15 is 0 Å². The highest BCUT2D eigenvalue weighted by Crippen LogP contribution is 2.50. The van der Waals surface area contributed by atoms with E-state index in [1.54, 1.807) is 13.2 Å². The Morgan fingerprint density at radius 3 is 2.75 bits per heavy atom. The number of fused-ring (bicyclic) bond motifs is 1. The summed E-state index contributed by atoms with van der Waals surface area (Å²) >= 11 is 12.0. The second kappa shape index (κ2) is 10.1. The van der Waals surface area contributed by atoms with Crippen molar-refractivity contribution in [2.24, 2.45) is 0 Å². The molecule has 0 radical (unpaired) electrons. The van der Waals surface area contributed by atoms with Crippen LogP contribution >= 0.6 is 23.8 Å². The third-order valence-corrected chi connectivity index (χ3v) is 5.90. The van der Waals surface area contributed by atoms with Gasteiger partial charge < -0.3 is 24.3 Å². The molecule has 170 valence electrons. The number of benzene rings is 2. The van der Waals surface area contributed by atoms with Crippen molar-refractivity contribution in [1.29, 1.82) is 0 Å². The van der Waals surface area contributed by atoms with Gasteiger partial charge in [-0.1, -0.05) is 36.0 Å². The Hall–Kier alpha value is -2.35. The third kappa shape index (κ3) is 5.17. The van der Waals surface area contributed by atoms with Gasteiger partial charge >= 0.3 is 5.97 Å². The lowest BCUT2D eigenvalue weighted by atomic mass is 9.92. The van der Waals surface area contributed by atoms with Crippen LogP contribution < -0.4 is 14.8 Å². The minimum Gasteiger partial charge on any atom is -0.496 e. The molecule has 0 aromatic heterocycles. The van der Waals surface area contributed by atoms with E-state index in [0.29, 0.717) is 41.3 Å². The quantitative estimate of drug-likeness (QED) is 0.311. The van der Waals surface area contributed by atoms with Crippen molar-refractivity contribution < 1.29 is 23.7 Å². The van der Waals surface area contributed by atoms with E-state index in [1.807, 2.05) is 18.2 Å². The van der Waals surface area contributed by atoms with Crippen molar-refractivity contribution in [2.45, 2.75) is 38.2 Å². The van der Waals surface area contributed by atoms with Crippen LogP contribution in [0.2, 0.25) is 5.02 Å². The molecular formula is C24H26ClNO5S. The largest absolute Gasteiger partial charge is 0.496 e. The van der Waals surface area contributed by atoms with Gasteiger partial charge in [0.1, 0.15) is 22.6 Å². The third-order valence-electron chi connectivity index (χ3n) is 5.46. The lowest BCUT2D eigenvalue weighted by molar-refractivity contribution is -0.141. The van der Waals surface area contributed by atoms with Gasteiger partial charge in [0, 0.05) is 35.6 Å². The summed E-state index contributed by atoms with van der Waals surface area (Å²) in [5.41, 5.74) is 3.85. The summed E-state index contributed by atoms with van der Waals surface area (Å²) in [6.07, 6.45) is 2.46. The second-order valence-electron chi connectivity index (χ2n) is 7.89. The molecule has 1 aliphatic carbocycles. The predicted octanol–water partition coefficient (Wildman–Crippen LogP) is 5.42. The number of esters is 1. The molecule has 1 heterocycles. The molecule has 32 heavy (non-hydrogen) atoms. The van der Waals surface area contributed by atoms with E-state index in [9.17, 15) is 4.79 Å². The molecule has 1 saturated carbocycles. The van der Waals surface area contributed by atoms with Crippen LogP contribution in [0.25, 0.3) is 0 Å². The van der Waals surface area contributed by atoms with E-state index < -0.39 is 0 Å². The van der Waals surface area contributed by atoms with Crippen LogP contribution in [0, 0.1) is 0 Å². The first-order chi connectivity index (χ1) is 15.5. The maximum absolute atomic E-state index is 11.0. The van der Waals surface area contributed by atoms with Gasteiger partial charge in [0.15, 0.2) is 0 Å². The minimum atomic E-state index is -0.370. The number of carbonyl (C=O) groups is 1. The second-order valence-corrected chi connectivity index (χ2v) is 8.82. The van der Waals surface area contributed by atoms with E-state index in [-0.39, 0.29) is 18.7 Å². The molecule has 1 atom stereocenters. The molecule has 0 bridgehead atoms. The minimum absolute atomic E-state index is 0.277. The Labute approximate surface area is 198 Å². The summed E-state index contributed by atoms with van der Waals surface area (Å²) in [7, 11) is 1.70. The molecule has 2 aliphatic rings. The number of hydrogen-bond acceptors (Lipinski definition) is 6. The smallest absolute Gasteiger partial charge is 0.302 e. The number of nitrogens with one attached hydrogen (secondary N) is 1. The SMILES string of the molecule is COc1cccc([C@H]2OCC(=S)Nc3c(OCCCOC(C)=O)cc(Cl)cc32)c1C1CC1. The summed E-state index contributed by atoms with van der Waals surface area (Å²) in [5, 5.41) is 3.82. The van der Waals surface area contributed by atoms with Crippen LogP contribution in [0.3, 0.4) is 0 Å². The van der Waals surface area contributed by atoms with Crippen molar-refractivity contribution >= 4 is 40.5 Å². The fourth-order valence-electron chi connectivity index (χ4n) is 3.97. The normalized spacial score (nSPS) is 17.7. The molecule has 0 spiro atoms. The lowest BCUT2D eigenvalue weighted by Crippen LogP contribution is -2.14. The number of ether oxygens (including phenoxy) is 4. The zero-order chi connectivity index (χ0) is 22.7. The molecule has 2 aromatic carbocycles. The Kier molecular flexibility index (Phi) is 7.18. The summed E-state index contributed by atoms with van der Waals surface area (Å²) in [6, 6.07) is 9.71. The van der Waals surface area contributed by atoms with Crippen LogP contribution in [0.1, 0.15) is 54.9 Å². The molecule has 0 unspecified atom stereocenters. The molecule has 8 heteroatoms. The van der Waals surface area contributed by atoms with Crippen LogP contribution in [-0.4, -0.2) is 37.9 Å². The summed E-state index contributed by atoms with van der Waals surface area (Å²) in [4.78, 5) is 11.5. The predicted molar refractivity (Wildman–Crippen MR) is 127 cm³/mol. The molecule has 1 fully saturated rings. The van der Waals surface area contributed by atoms with Gasteiger partial charge in [0.05, 0.1) is 32.6 Å². The molecule has 1 N–H and O–H groups in total. The van der Waals surface area contributed by atoms with Crippen molar-refractivity contribution in [3.63, 3.8) is 0 Å². The van der Waals surface area contributed by atoms with Gasteiger partial charge in [0.25, 0.3) is 0 Å². The topological polar surface area (TPSA) is 66.0 Å². The van der Waals surface area contributed by atoms with Crippen LogP contribution in [0.15, 0.2) is 30.3 Å². The molecular weight excluding hydrogens is 450 g/mol. The van der Waals surface area contributed by atoms with Gasteiger partial charge in [-0.3, -0.25) is 4.79 Å². The van der Waals surface area contributed by atoms with Gasteiger partial charge in [-0.15, -0.1) is 0 Å². The maximum Gasteiger partial charge on any atom is 0.302 e. The summed E-state index contributed by atoms with van der Waals surface area (Å²) < 4.78 is 23.0. The number of anilines is 1. The van der Waals surface area contributed by atoms with Crippen LogP contribution in [0.5, 0.6) is 11.5 Å². The first-order valence-corrected chi connectivity index (χ1v) is 11.4. The Morgan fingerprint density at radius 1 is 1.22 bits per heavy atom. The van der Waals surface area contributed by atoms with E-state index in [4.69, 9.17) is 42.8 Å². The number of methoxy groups -OCH3 is 1. The van der Waals surface area contributed by atoms with Crippen LogP contribution in [-0.2, 0) is 14.3 Å². The standard InChI is InChI=1S/C24H26ClNO5S/c1-14(27)29-9-4-10-30-20-12-16(25)11-18-23(20)26-21(32)13-31-24(18)17-5-3-6-19(28-2)22(17)15-7-8-15/h3,5-6,11-12,15,24H,4,7-10,13H2,1-2H3,(H,26,32)/t24-/m1/s1. The van der Waals surface area contributed by atoms with Crippen LogP contribution in [0.4, 0.5) is 5.69 Å². The Balaban J connectivity index is 1.69. The van der Waals surface area contributed by atoms with E-state index in [0.717, 1.165) is 35.4 Å². The highest BCUT2D eigenvalue weighted by atomic mass is 35.5. The summed E-state index contributed by atoms with van der Waals surface area (Å²) in [6.45, 7) is 2.33. The zero-order valence-corrected chi connectivity index (χ0v) is 19.7. The number of rotatable bonds is 8. The molecule has 6 nitrogen and oxygen atoms in total. The molecule has 0 amide bonds.